The lowest BCUT2D eigenvalue weighted by atomic mass is 10.1. The second-order valence-corrected chi connectivity index (χ2v) is 7.73. The van der Waals surface area contributed by atoms with Gasteiger partial charge in [-0.2, -0.15) is 0 Å². The topological polar surface area (TPSA) is 42.2 Å². The smallest absolute Gasteiger partial charge is 0.185 e. The first-order chi connectivity index (χ1) is 9.97. The van der Waals surface area contributed by atoms with Gasteiger partial charge in [0, 0.05) is 24.5 Å². The van der Waals surface area contributed by atoms with Gasteiger partial charge in [-0.25, -0.2) is 4.98 Å². The zero-order chi connectivity index (χ0) is 15.8. The van der Waals surface area contributed by atoms with Crippen molar-refractivity contribution in [2.24, 2.45) is 17.6 Å². The molecule has 0 fully saturated rings. The Labute approximate surface area is 135 Å². The third-order valence-electron chi connectivity index (χ3n) is 3.66. The zero-order valence-corrected chi connectivity index (χ0v) is 15.3. The quantitative estimate of drug-likeness (QED) is 0.694. The van der Waals surface area contributed by atoms with E-state index in [1.165, 1.54) is 28.5 Å². The fourth-order valence-corrected chi connectivity index (χ4v) is 3.26. The van der Waals surface area contributed by atoms with Crippen LogP contribution in [0.3, 0.4) is 0 Å². The monoisotopic (exact) mass is 311 g/mol. The molecule has 1 aromatic heterocycles. The van der Waals surface area contributed by atoms with Crippen molar-refractivity contribution in [3.05, 3.63) is 10.6 Å². The molecule has 0 aliphatic carbocycles. The molecule has 0 saturated carbocycles. The van der Waals surface area contributed by atoms with Crippen LogP contribution in [0.4, 0.5) is 5.13 Å². The lowest BCUT2D eigenvalue weighted by Crippen LogP contribution is -2.27. The van der Waals surface area contributed by atoms with Crippen LogP contribution in [-0.4, -0.2) is 18.1 Å². The van der Waals surface area contributed by atoms with Gasteiger partial charge in [0.25, 0.3) is 0 Å². The molecule has 4 heteroatoms. The average Bonchev–Trinajstić information content (AvgIpc) is 2.81. The summed E-state index contributed by atoms with van der Waals surface area (Å²) < 4.78 is 0. The molecule has 0 aliphatic rings. The molecule has 3 nitrogen and oxygen atoms in total. The Morgan fingerprint density at radius 2 is 1.67 bits per heavy atom. The molecule has 1 rings (SSSR count). The maximum Gasteiger partial charge on any atom is 0.185 e. The van der Waals surface area contributed by atoms with Gasteiger partial charge in [0.2, 0.25) is 0 Å². The first kappa shape index (κ1) is 18.4. The van der Waals surface area contributed by atoms with Gasteiger partial charge in [-0.15, -0.1) is 11.3 Å². The third-order valence-corrected chi connectivity index (χ3v) is 4.84. The Hall–Kier alpha value is -0.610. The van der Waals surface area contributed by atoms with E-state index in [9.17, 15) is 0 Å². The van der Waals surface area contributed by atoms with Gasteiger partial charge in [-0.3, -0.25) is 0 Å². The van der Waals surface area contributed by atoms with E-state index in [2.05, 4.69) is 39.5 Å². The van der Waals surface area contributed by atoms with Gasteiger partial charge in [-0.1, -0.05) is 41.0 Å². The molecule has 2 N–H and O–H groups in total. The molecule has 0 amide bonds. The molecular weight excluding hydrogens is 278 g/mol. The van der Waals surface area contributed by atoms with Crippen molar-refractivity contribution in [2.45, 2.75) is 66.8 Å². The zero-order valence-electron chi connectivity index (χ0n) is 14.5. The summed E-state index contributed by atoms with van der Waals surface area (Å²) in [6, 6.07) is 0. The van der Waals surface area contributed by atoms with E-state index in [0.717, 1.165) is 37.8 Å². The van der Waals surface area contributed by atoms with Crippen LogP contribution in [0, 0.1) is 11.8 Å². The summed E-state index contributed by atoms with van der Waals surface area (Å²) in [5, 5.41) is 1.18. The number of thiazole rings is 1. The first-order valence-corrected chi connectivity index (χ1v) is 9.23. The minimum absolute atomic E-state index is 0.620. The van der Waals surface area contributed by atoms with Crippen LogP contribution in [-0.2, 0) is 13.0 Å². The highest BCUT2D eigenvalue weighted by Crippen LogP contribution is 2.28. The van der Waals surface area contributed by atoms with Crippen molar-refractivity contribution >= 4 is 16.5 Å². The summed E-state index contributed by atoms with van der Waals surface area (Å²) in [6.45, 7) is 14.2. The maximum atomic E-state index is 5.89. The number of nitrogens with two attached hydrogens (primary N) is 1. The normalized spacial score (nSPS) is 11.6. The van der Waals surface area contributed by atoms with Gasteiger partial charge in [0.15, 0.2) is 5.13 Å². The van der Waals surface area contributed by atoms with E-state index in [1.54, 1.807) is 11.3 Å². The Balaban J connectivity index is 2.84. The molecule has 1 aromatic rings. The maximum absolute atomic E-state index is 5.89. The Kier molecular flexibility index (Phi) is 8.27. The van der Waals surface area contributed by atoms with Crippen molar-refractivity contribution in [1.29, 1.82) is 0 Å². The molecule has 0 aromatic carbocycles. The predicted molar refractivity (Wildman–Crippen MR) is 95.1 cm³/mol. The molecule has 0 radical (unpaired) electrons. The fraction of sp³-hybridized carbons (Fsp3) is 0.824. The van der Waals surface area contributed by atoms with E-state index in [4.69, 9.17) is 10.7 Å². The largest absolute Gasteiger partial charge is 0.348 e. The van der Waals surface area contributed by atoms with Crippen LogP contribution in [0.1, 0.15) is 64.5 Å². The van der Waals surface area contributed by atoms with Crippen molar-refractivity contribution in [1.82, 2.24) is 4.98 Å². The van der Waals surface area contributed by atoms with Crippen molar-refractivity contribution in [2.75, 3.05) is 18.0 Å². The van der Waals surface area contributed by atoms with E-state index >= 15 is 0 Å². The number of anilines is 1. The number of aryl methyl sites for hydroxylation is 1. The van der Waals surface area contributed by atoms with Crippen LogP contribution in [0.25, 0.3) is 0 Å². The number of hydrogen-bond donors (Lipinski definition) is 1. The van der Waals surface area contributed by atoms with Crippen molar-refractivity contribution in [3.8, 4) is 0 Å². The Bertz CT molecular complexity index is 387. The lowest BCUT2D eigenvalue weighted by Gasteiger charge is -2.23. The van der Waals surface area contributed by atoms with Gasteiger partial charge in [0.1, 0.15) is 0 Å². The molecule has 0 spiro atoms. The molecule has 1 heterocycles. The molecule has 21 heavy (non-hydrogen) atoms. The molecular formula is C17H33N3S. The Morgan fingerprint density at radius 1 is 1.10 bits per heavy atom. The summed E-state index contributed by atoms with van der Waals surface area (Å²) in [6.07, 6.45) is 4.62. The van der Waals surface area contributed by atoms with E-state index in [-0.39, 0.29) is 0 Å². The van der Waals surface area contributed by atoms with E-state index in [0.29, 0.717) is 6.54 Å². The first-order valence-electron chi connectivity index (χ1n) is 8.41. The van der Waals surface area contributed by atoms with Crippen LogP contribution in [0.15, 0.2) is 0 Å². The summed E-state index contributed by atoms with van der Waals surface area (Å²) >= 11 is 1.80. The molecule has 0 bridgehead atoms. The van der Waals surface area contributed by atoms with Crippen LogP contribution < -0.4 is 10.6 Å². The van der Waals surface area contributed by atoms with Gasteiger partial charge in [0.05, 0.1) is 5.69 Å². The highest BCUT2D eigenvalue weighted by molar-refractivity contribution is 7.15. The van der Waals surface area contributed by atoms with E-state index < -0.39 is 0 Å². The second-order valence-electron chi connectivity index (χ2n) is 6.67. The highest BCUT2D eigenvalue weighted by atomic mass is 32.1. The van der Waals surface area contributed by atoms with Gasteiger partial charge < -0.3 is 10.6 Å². The van der Waals surface area contributed by atoms with Gasteiger partial charge >= 0.3 is 0 Å². The average molecular weight is 312 g/mol. The summed E-state index contributed by atoms with van der Waals surface area (Å²) in [5.41, 5.74) is 7.11. The predicted octanol–water partition coefficient (Wildman–Crippen LogP) is 4.45. The SMILES string of the molecule is CCCc1nc(N(CCC(C)C)CCC(C)C)sc1CN. The van der Waals surface area contributed by atoms with Crippen LogP contribution in [0.5, 0.6) is 0 Å². The summed E-state index contributed by atoms with van der Waals surface area (Å²) in [4.78, 5) is 8.64. The van der Waals surface area contributed by atoms with Crippen LogP contribution >= 0.6 is 11.3 Å². The van der Waals surface area contributed by atoms with Crippen LogP contribution in [0.2, 0.25) is 0 Å². The molecule has 0 unspecified atom stereocenters. The molecule has 0 aliphatic heterocycles. The highest BCUT2D eigenvalue weighted by Gasteiger charge is 2.16. The molecule has 0 saturated heterocycles. The van der Waals surface area contributed by atoms with Gasteiger partial charge in [-0.05, 0) is 31.1 Å². The molecule has 122 valence electrons. The van der Waals surface area contributed by atoms with E-state index in [1.807, 2.05) is 0 Å². The second kappa shape index (κ2) is 9.42. The Morgan fingerprint density at radius 3 is 2.10 bits per heavy atom. The lowest BCUT2D eigenvalue weighted by molar-refractivity contribution is 0.534. The number of hydrogen-bond acceptors (Lipinski definition) is 4. The summed E-state index contributed by atoms with van der Waals surface area (Å²) in [5.74, 6) is 1.46. The fourth-order valence-electron chi connectivity index (χ4n) is 2.23. The number of nitrogens with zero attached hydrogens (tertiary/aromatic N) is 2. The molecule has 0 atom stereocenters. The number of aromatic nitrogens is 1. The number of rotatable bonds is 10. The minimum Gasteiger partial charge on any atom is -0.348 e. The summed E-state index contributed by atoms with van der Waals surface area (Å²) in [7, 11) is 0. The van der Waals surface area contributed by atoms with Crippen molar-refractivity contribution in [3.63, 3.8) is 0 Å². The third kappa shape index (κ3) is 6.35. The minimum atomic E-state index is 0.620. The van der Waals surface area contributed by atoms with Crippen molar-refractivity contribution < 1.29 is 0 Å². The standard InChI is InChI=1S/C17H33N3S/c1-6-7-15-16(12-18)21-17(19-15)20(10-8-13(2)3)11-9-14(4)5/h13-14H,6-12,18H2,1-5H3.